The fourth-order valence-electron chi connectivity index (χ4n) is 4.28. The molecule has 0 spiro atoms. The molecule has 146 valence electrons. The average Bonchev–Trinajstić information content (AvgIpc) is 3.38. The third-order valence-electron chi connectivity index (χ3n) is 5.59. The van der Waals surface area contributed by atoms with Gasteiger partial charge < -0.3 is 16.0 Å². The molecule has 1 aromatic carbocycles. The van der Waals surface area contributed by atoms with E-state index < -0.39 is 0 Å². The summed E-state index contributed by atoms with van der Waals surface area (Å²) in [4.78, 5) is 35.3. The van der Waals surface area contributed by atoms with Gasteiger partial charge in [0.2, 0.25) is 11.8 Å². The van der Waals surface area contributed by atoms with Gasteiger partial charge in [-0.05, 0) is 42.4 Å². The first-order chi connectivity index (χ1) is 12.9. The van der Waals surface area contributed by atoms with Crippen molar-refractivity contribution in [2.45, 2.75) is 52.4 Å². The third-order valence-corrected chi connectivity index (χ3v) is 5.59. The SMILES string of the molecule is CC(=O)Nc1cc(NC(C)=O)cc(C(=O)NC[C@@H]2C[C@@H]2C2CCCCC2)c1. The van der Waals surface area contributed by atoms with E-state index in [9.17, 15) is 14.4 Å². The summed E-state index contributed by atoms with van der Waals surface area (Å²) >= 11 is 0. The van der Waals surface area contributed by atoms with Crippen LogP contribution in [0.5, 0.6) is 0 Å². The number of benzene rings is 1. The fourth-order valence-corrected chi connectivity index (χ4v) is 4.28. The summed E-state index contributed by atoms with van der Waals surface area (Å²) in [5, 5.41) is 8.37. The molecule has 3 rings (SSSR count). The van der Waals surface area contributed by atoms with Crippen LogP contribution < -0.4 is 16.0 Å². The van der Waals surface area contributed by atoms with E-state index in [4.69, 9.17) is 0 Å². The summed E-state index contributed by atoms with van der Waals surface area (Å²) in [7, 11) is 0. The molecule has 2 aliphatic rings. The van der Waals surface area contributed by atoms with Crippen LogP contribution in [0.15, 0.2) is 18.2 Å². The molecule has 0 aliphatic heterocycles. The molecule has 0 unspecified atom stereocenters. The summed E-state index contributed by atoms with van der Waals surface area (Å²) in [5.74, 6) is 1.57. The number of carbonyl (C=O) groups is 3. The first kappa shape index (κ1) is 19.4. The molecule has 0 bridgehead atoms. The molecule has 27 heavy (non-hydrogen) atoms. The third kappa shape index (κ3) is 5.55. The van der Waals surface area contributed by atoms with Gasteiger partial charge in [0.05, 0.1) is 0 Å². The van der Waals surface area contributed by atoms with Crippen LogP contribution in [0.3, 0.4) is 0 Å². The lowest BCUT2D eigenvalue weighted by Crippen LogP contribution is -2.27. The molecule has 6 heteroatoms. The first-order valence-electron chi connectivity index (χ1n) is 9.91. The van der Waals surface area contributed by atoms with Crippen LogP contribution in [-0.2, 0) is 9.59 Å². The van der Waals surface area contributed by atoms with Gasteiger partial charge in [0.1, 0.15) is 0 Å². The maximum Gasteiger partial charge on any atom is 0.251 e. The maximum absolute atomic E-state index is 12.6. The molecule has 2 atom stereocenters. The van der Waals surface area contributed by atoms with Gasteiger partial charge in [0, 0.05) is 37.3 Å². The van der Waals surface area contributed by atoms with Gasteiger partial charge in [-0.25, -0.2) is 0 Å². The highest BCUT2D eigenvalue weighted by Gasteiger charge is 2.42. The van der Waals surface area contributed by atoms with Crippen molar-refractivity contribution >= 4 is 29.1 Å². The second-order valence-corrected chi connectivity index (χ2v) is 7.93. The fraction of sp³-hybridized carbons (Fsp3) is 0.571. The summed E-state index contributed by atoms with van der Waals surface area (Å²) in [6.45, 7) is 3.51. The van der Waals surface area contributed by atoms with Gasteiger partial charge in [0.15, 0.2) is 0 Å². The van der Waals surface area contributed by atoms with Crippen LogP contribution >= 0.6 is 0 Å². The predicted molar refractivity (Wildman–Crippen MR) is 106 cm³/mol. The molecular formula is C21H29N3O3. The quantitative estimate of drug-likeness (QED) is 0.715. The maximum atomic E-state index is 12.6. The highest BCUT2D eigenvalue weighted by atomic mass is 16.2. The van der Waals surface area contributed by atoms with E-state index in [1.807, 2.05) is 0 Å². The minimum atomic E-state index is -0.227. The van der Waals surface area contributed by atoms with Crippen molar-refractivity contribution in [1.29, 1.82) is 0 Å². The second-order valence-electron chi connectivity index (χ2n) is 7.93. The van der Waals surface area contributed by atoms with Gasteiger partial charge in [-0.2, -0.15) is 0 Å². The normalized spacial score (nSPS) is 22.0. The molecule has 1 aromatic rings. The zero-order valence-electron chi connectivity index (χ0n) is 16.1. The van der Waals surface area contributed by atoms with Crippen LogP contribution in [0, 0.1) is 17.8 Å². The number of nitrogens with one attached hydrogen (secondary N) is 3. The number of rotatable bonds is 6. The van der Waals surface area contributed by atoms with E-state index in [1.165, 1.54) is 52.4 Å². The number of amides is 3. The van der Waals surface area contributed by atoms with Crippen LogP contribution in [0.2, 0.25) is 0 Å². The Hall–Kier alpha value is -2.37. The monoisotopic (exact) mass is 371 g/mol. The molecule has 0 aromatic heterocycles. The van der Waals surface area contributed by atoms with Crippen molar-refractivity contribution in [1.82, 2.24) is 5.32 Å². The summed E-state index contributed by atoms with van der Waals surface area (Å²) < 4.78 is 0. The second kappa shape index (κ2) is 8.55. The smallest absolute Gasteiger partial charge is 0.251 e. The Morgan fingerprint density at radius 2 is 1.52 bits per heavy atom. The molecule has 3 amide bonds. The lowest BCUT2D eigenvalue weighted by Gasteiger charge is -2.21. The number of hydrogen-bond acceptors (Lipinski definition) is 3. The highest BCUT2D eigenvalue weighted by molar-refractivity contribution is 5.99. The standard InChI is InChI=1S/C21H29N3O3/c1-13(25)23-18-8-16(9-19(11-18)24-14(2)26)21(27)22-12-17-10-20(17)15-6-4-3-5-7-15/h8-9,11,15,17,20H,3-7,10,12H2,1-2H3,(H,22,27)(H,23,25)(H,24,26)/t17-,20+/m0/s1. The van der Waals surface area contributed by atoms with Crippen LogP contribution in [0.4, 0.5) is 11.4 Å². The van der Waals surface area contributed by atoms with Crippen molar-refractivity contribution in [3.05, 3.63) is 23.8 Å². The van der Waals surface area contributed by atoms with Crippen molar-refractivity contribution in [3.63, 3.8) is 0 Å². The van der Waals surface area contributed by atoms with E-state index >= 15 is 0 Å². The summed E-state index contributed by atoms with van der Waals surface area (Å²) in [5.41, 5.74) is 1.41. The Balaban J connectivity index is 1.59. The van der Waals surface area contributed by atoms with E-state index in [0.29, 0.717) is 29.4 Å². The Morgan fingerprint density at radius 1 is 0.926 bits per heavy atom. The van der Waals surface area contributed by atoms with Crippen LogP contribution in [-0.4, -0.2) is 24.3 Å². The minimum absolute atomic E-state index is 0.178. The van der Waals surface area contributed by atoms with Gasteiger partial charge >= 0.3 is 0 Å². The number of anilines is 2. The van der Waals surface area contributed by atoms with Crippen molar-refractivity contribution < 1.29 is 14.4 Å². The van der Waals surface area contributed by atoms with Gasteiger partial charge in [-0.15, -0.1) is 0 Å². The van der Waals surface area contributed by atoms with Gasteiger partial charge in [0.25, 0.3) is 5.91 Å². The summed E-state index contributed by atoms with van der Waals surface area (Å²) in [6, 6.07) is 4.90. The van der Waals surface area contributed by atoms with Crippen LogP contribution in [0.1, 0.15) is 62.7 Å². The molecule has 2 fully saturated rings. The predicted octanol–water partition coefficient (Wildman–Crippen LogP) is 3.55. The molecular weight excluding hydrogens is 342 g/mol. The molecule has 2 saturated carbocycles. The lowest BCUT2D eigenvalue weighted by atomic mass is 9.85. The lowest BCUT2D eigenvalue weighted by molar-refractivity contribution is -0.115. The van der Waals surface area contributed by atoms with Gasteiger partial charge in [-0.3, -0.25) is 14.4 Å². The largest absolute Gasteiger partial charge is 0.352 e. The molecule has 2 aliphatic carbocycles. The molecule has 3 N–H and O–H groups in total. The van der Waals surface area contributed by atoms with Gasteiger partial charge in [-0.1, -0.05) is 32.1 Å². The van der Waals surface area contributed by atoms with Crippen LogP contribution in [0.25, 0.3) is 0 Å². The minimum Gasteiger partial charge on any atom is -0.352 e. The number of carbonyl (C=O) groups excluding carboxylic acids is 3. The van der Waals surface area contributed by atoms with Crippen molar-refractivity contribution in [2.24, 2.45) is 17.8 Å². The molecule has 6 nitrogen and oxygen atoms in total. The summed E-state index contributed by atoms with van der Waals surface area (Å²) in [6.07, 6.45) is 7.96. The van der Waals surface area contributed by atoms with Crippen molar-refractivity contribution in [3.8, 4) is 0 Å². The Bertz CT molecular complexity index is 691. The van der Waals surface area contributed by atoms with E-state index in [1.54, 1.807) is 18.2 Å². The molecule has 0 radical (unpaired) electrons. The Labute approximate surface area is 160 Å². The Kier molecular flexibility index (Phi) is 6.14. The zero-order valence-corrected chi connectivity index (χ0v) is 16.1. The van der Waals surface area contributed by atoms with E-state index in [-0.39, 0.29) is 17.7 Å². The van der Waals surface area contributed by atoms with E-state index in [0.717, 1.165) is 11.8 Å². The topological polar surface area (TPSA) is 87.3 Å². The number of hydrogen-bond donors (Lipinski definition) is 3. The zero-order chi connectivity index (χ0) is 19.4. The first-order valence-corrected chi connectivity index (χ1v) is 9.91. The average molecular weight is 371 g/mol. The van der Waals surface area contributed by atoms with Crippen molar-refractivity contribution in [2.75, 3.05) is 17.2 Å². The molecule has 0 saturated heterocycles. The highest BCUT2D eigenvalue weighted by Crippen LogP contribution is 2.48. The molecule has 0 heterocycles. The van der Waals surface area contributed by atoms with E-state index in [2.05, 4.69) is 16.0 Å². The Morgan fingerprint density at radius 3 is 2.07 bits per heavy atom.